The lowest BCUT2D eigenvalue weighted by molar-refractivity contribution is -0.118. The minimum Gasteiger partial charge on any atom is -0.357 e. The SMILES string of the molecule is CC(C)N(C)c1cc(N2CCCC(=O)C2)ncn1. The number of carbonyl (C=O) groups is 1. The lowest BCUT2D eigenvalue weighted by Crippen LogP contribution is -2.36. The van der Waals surface area contributed by atoms with Crippen LogP contribution in [0.25, 0.3) is 0 Å². The van der Waals surface area contributed by atoms with E-state index < -0.39 is 0 Å². The van der Waals surface area contributed by atoms with Gasteiger partial charge in [-0.1, -0.05) is 0 Å². The molecule has 1 aliphatic rings. The van der Waals surface area contributed by atoms with Gasteiger partial charge in [0.15, 0.2) is 5.78 Å². The van der Waals surface area contributed by atoms with Crippen LogP contribution in [0.4, 0.5) is 11.6 Å². The van der Waals surface area contributed by atoms with Crippen LogP contribution >= 0.6 is 0 Å². The summed E-state index contributed by atoms with van der Waals surface area (Å²) in [5.41, 5.74) is 0. The van der Waals surface area contributed by atoms with Crippen LogP contribution in [-0.4, -0.2) is 41.9 Å². The van der Waals surface area contributed by atoms with Gasteiger partial charge in [0.05, 0.1) is 6.54 Å². The van der Waals surface area contributed by atoms with Gasteiger partial charge in [-0.3, -0.25) is 4.79 Å². The second-order valence-electron chi connectivity index (χ2n) is 5.00. The van der Waals surface area contributed by atoms with E-state index in [2.05, 4.69) is 28.7 Å². The van der Waals surface area contributed by atoms with Gasteiger partial charge in [-0.25, -0.2) is 9.97 Å². The summed E-state index contributed by atoms with van der Waals surface area (Å²) in [5, 5.41) is 0. The van der Waals surface area contributed by atoms with Gasteiger partial charge in [0.1, 0.15) is 18.0 Å². The van der Waals surface area contributed by atoms with Gasteiger partial charge in [-0.2, -0.15) is 0 Å². The first-order valence-electron chi connectivity index (χ1n) is 6.39. The van der Waals surface area contributed by atoms with E-state index in [-0.39, 0.29) is 0 Å². The molecular formula is C13H20N4O. The van der Waals surface area contributed by atoms with Crippen molar-refractivity contribution in [2.45, 2.75) is 32.7 Å². The molecule has 1 fully saturated rings. The molecule has 0 aliphatic carbocycles. The number of carbonyl (C=O) groups excluding carboxylic acids is 1. The molecule has 2 rings (SSSR count). The first-order chi connectivity index (χ1) is 8.58. The second kappa shape index (κ2) is 5.33. The van der Waals surface area contributed by atoms with E-state index in [1.807, 2.05) is 18.0 Å². The fraction of sp³-hybridized carbons (Fsp3) is 0.615. The van der Waals surface area contributed by atoms with Crippen molar-refractivity contribution in [3.63, 3.8) is 0 Å². The van der Waals surface area contributed by atoms with E-state index >= 15 is 0 Å². The van der Waals surface area contributed by atoms with Gasteiger partial charge < -0.3 is 9.80 Å². The molecule has 0 aromatic carbocycles. The first kappa shape index (κ1) is 12.8. The van der Waals surface area contributed by atoms with E-state index in [9.17, 15) is 4.79 Å². The minimum atomic E-state index is 0.290. The standard InChI is InChI=1S/C13H20N4O/c1-10(2)16(3)12-7-13(15-9-14-12)17-6-4-5-11(18)8-17/h7,9-10H,4-6,8H2,1-3H3. The number of anilines is 2. The molecule has 1 aromatic heterocycles. The molecule has 2 heterocycles. The summed E-state index contributed by atoms with van der Waals surface area (Å²) >= 11 is 0. The fourth-order valence-corrected chi connectivity index (χ4v) is 2.00. The number of rotatable bonds is 3. The van der Waals surface area contributed by atoms with Crippen LogP contribution < -0.4 is 9.80 Å². The average Bonchev–Trinajstić information content (AvgIpc) is 2.38. The number of aromatic nitrogens is 2. The highest BCUT2D eigenvalue weighted by atomic mass is 16.1. The number of piperidine rings is 1. The van der Waals surface area contributed by atoms with Gasteiger partial charge in [0.2, 0.25) is 0 Å². The molecule has 18 heavy (non-hydrogen) atoms. The summed E-state index contributed by atoms with van der Waals surface area (Å²) in [6.45, 7) is 5.60. The maximum atomic E-state index is 11.5. The number of hydrogen-bond acceptors (Lipinski definition) is 5. The van der Waals surface area contributed by atoms with Gasteiger partial charge in [-0.15, -0.1) is 0 Å². The molecule has 0 unspecified atom stereocenters. The third kappa shape index (κ3) is 2.78. The summed E-state index contributed by atoms with van der Waals surface area (Å²) in [4.78, 5) is 24.2. The van der Waals surface area contributed by atoms with Crippen molar-refractivity contribution in [1.29, 1.82) is 0 Å². The lowest BCUT2D eigenvalue weighted by Gasteiger charge is -2.28. The van der Waals surface area contributed by atoms with Crippen molar-refractivity contribution >= 4 is 17.4 Å². The zero-order valence-electron chi connectivity index (χ0n) is 11.3. The minimum absolute atomic E-state index is 0.290. The normalized spacial score (nSPS) is 16.2. The van der Waals surface area contributed by atoms with Gasteiger partial charge in [0, 0.05) is 32.1 Å². The fourth-order valence-electron chi connectivity index (χ4n) is 2.00. The summed E-state index contributed by atoms with van der Waals surface area (Å²) in [7, 11) is 2.01. The maximum Gasteiger partial charge on any atom is 0.152 e. The zero-order valence-corrected chi connectivity index (χ0v) is 11.3. The molecule has 0 saturated carbocycles. The van der Waals surface area contributed by atoms with Crippen LogP contribution in [0.5, 0.6) is 0 Å². The van der Waals surface area contributed by atoms with E-state index in [0.717, 1.165) is 24.6 Å². The molecule has 1 aromatic rings. The van der Waals surface area contributed by atoms with Crippen molar-refractivity contribution in [3.8, 4) is 0 Å². The topological polar surface area (TPSA) is 49.3 Å². The molecule has 1 aliphatic heterocycles. The molecule has 5 heteroatoms. The maximum absolute atomic E-state index is 11.5. The molecule has 0 bridgehead atoms. The average molecular weight is 248 g/mol. The first-order valence-corrected chi connectivity index (χ1v) is 6.39. The van der Waals surface area contributed by atoms with Crippen molar-refractivity contribution in [2.24, 2.45) is 0 Å². The molecule has 0 amide bonds. The Morgan fingerprint density at radius 3 is 2.83 bits per heavy atom. The number of nitrogens with zero attached hydrogens (tertiary/aromatic N) is 4. The van der Waals surface area contributed by atoms with Crippen LogP contribution in [0.2, 0.25) is 0 Å². The van der Waals surface area contributed by atoms with Crippen LogP contribution in [-0.2, 0) is 4.79 Å². The second-order valence-corrected chi connectivity index (χ2v) is 5.00. The molecule has 98 valence electrons. The van der Waals surface area contributed by atoms with Crippen LogP contribution in [0.1, 0.15) is 26.7 Å². The zero-order chi connectivity index (χ0) is 13.1. The van der Waals surface area contributed by atoms with E-state index in [1.165, 1.54) is 0 Å². The summed E-state index contributed by atoms with van der Waals surface area (Å²) < 4.78 is 0. The Kier molecular flexibility index (Phi) is 3.79. The monoisotopic (exact) mass is 248 g/mol. The summed E-state index contributed by atoms with van der Waals surface area (Å²) in [5.74, 6) is 2.03. The molecule has 1 saturated heterocycles. The molecule has 0 N–H and O–H groups in total. The summed E-state index contributed by atoms with van der Waals surface area (Å²) in [6, 6.07) is 2.34. The van der Waals surface area contributed by atoms with Gasteiger partial charge >= 0.3 is 0 Å². The Labute approximate surface area is 108 Å². The summed E-state index contributed by atoms with van der Waals surface area (Å²) in [6.07, 6.45) is 3.18. The van der Waals surface area contributed by atoms with Crippen LogP contribution in [0.3, 0.4) is 0 Å². The van der Waals surface area contributed by atoms with Crippen molar-refractivity contribution in [3.05, 3.63) is 12.4 Å². The van der Waals surface area contributed by atoms with E-state index in [4.69, 9.17) is 0 Å². The highest BCUT2D eigenvalue weighted by molar-refractivity contribution is 5.84. The Bertz CT molecular complexity index is 433. The predicted molar refractivity (Wildman–Crippen MR) is 72.0 cm³/mol. The van der Waals surface area contributed by atoms with Gasteiger partial charge in [0.25, 0.3) is 0 Å². The quantitative estimate of drug-likeness (QED) is 0.811. The van der Waals surface area contributed by atoms with Crippen LogP contribution in [0, 0.1) is 0 Å². The highest BCUT2D eigenvalue weighted by Gasteiger charge is 2.19. The van der Waals surface area contributed by atoms with Crippen molar-refractivity contribution < 1.29 is 4.79 Å². The van der Waals surface area contributed by atoms with E-state index in [1.54, 1.807) is 6.33 Å². The molecular weight excluding hydrogens is 228 g/mol. The molecule has 0 radical (unpaired) electrons. The smallest absolute Gasteiger partial charge is 0.152 e. The van der Waals surface area contributed by atoms with Crippen molar-refractivity contribution in [1.82, 2.24) is 9.97 Å². The van der Waals surface area contributed by atoms with Gasteiger partial charge in [-0.05, 0) is 20.3 Å². The number of ketones is 1. The van der Waals surface area contributed by atoms with E-state index in [0.29, 0.717) is 24.8 Å². The lowest BCUT2D eigenvalue weighted by atomic mass is 10.1. The highest BCUT2D eigenvalue weighted by Crippen LogP contribution is 2.20. The Morgan fingerprint density at radius 2 is 2.17 bits per heavy atom. The predicted octanol–water partition coefficient (Wildman–Crippen LogP) is 1.49. The van der Waals surface area contributed by atoms with Crippen molar-refractivity contribution in [2.75, 3.05) is 29.9 Å². The third-order valence-corrected chi connectivity index (χ3v) is 3.35. The largest absolute Gasteiger partial charge is 0.357 e. The molecule has 0 spiro atoms. The Morgan fingerprint density at radius 1 is 1.39 bits per heavy atom. The Balaban J connectivity index is 2.18. The molecule has 0 atom stereocenters. The third-order valence-electron chi connectivity index (χ3n) is 3.35. The Hall–Kier alpha value is -1.65. The number of hydrogen-bond donors (Lipinski definition) is 0. The number of Topliss-reactive ketones (excluding diaryl/α,β-unsaturated/α-hetero) is 1. The van der Waals surface area contributed by atoms with Crippen LogP contribution in [0.15, 0.2) is 12.4 Å². The molecule has 5 nitrogen and oxygen atoms in total.